The highest BCUT2D eigenvalue weighted by Crippen LogP contribution is 2.66. The van der Waals surface area contributed by atoms with Gasteiger partial charge in [0.25, 0.3) is 5.06 Å². The summed E-state index contributed by atoms with van der Waals surface area (Å²) in [6.45, 7) is 4.22. The first kappa shape index (κ1) is 11.2. The number of epoxide rings is 1. The average molecular weight is 233 g/mol. The second-order valence-corrected chi connectivity index (χ2v) is 5.64. The molecule has 2 atom stereocenters. The first-order valence-corrected chi connectivity index (χ1v) is 5.75. The summed E-state index contributed by atoms with van der Waals surface area (Å²) in [6, 6.07) is 0. The van der Waals surface area contributed by atoms with Crippen LogP contribution in [0.15, 0.2) is 0 Å². The summed E-state index contributed by atoms with van der Waals surface area (Å²) in [5.74, 6) is -0.459. The van der Waals surface area contributed by atoms with Crippen LogP contribution in [0.4, 0.5) is 0 Å². The minimum Gasteiger partial charge on any atom is -0.466 e. The Labute approximate surface area is 95.1 Å². The van der Waals surface area contributed by atoms with Gasteiger partial charge in [-0.1, -0.05) is 38.3 Å². The second kappa shape index (κ2) is 3.11. The molecule has 2 aliphatic rings. The lowest BCUT2D eigenvalue weighted by atomic mass is 9.66. The van der Waals surface area contributed by atoms with Crippen LogP contribution in [0.5, 0.6) is 0 Å². The van der Waals surface area contributed by atoms with Crippen molar-refractivity contribution in [3.8, 4) is 0 Å². The number of hydrogen-bond donors (Lipinski definition) is 0. The van der Waals surface area contributed by atoms with Gasteiger partial charge in [-0.2, -0.15) is 0 Å². The largest absolute Gasteiger partial charge is 0.466 e. The summed E-state index contributed by atoms with van der Waals surface area (Å²) in [4.78, 5) is 11.6. The van der Waals surface area contributed by atoms with Gasteiger partial charge in [0, 0.05) is 0 Å². The van der Waals surface area contributed by atoms with Gasteiger partial charge in [0.05, 0.1) is 7.11 Å². The molecular weight excluding hydrogens is 216 g/mol. The van der Waals surface area contributed by atoms with Gasteiger partial charge in [-0.25, -0.2) is 4.79 Å². The van der Waals surface area contributed by atoms with E-state index in [2.05, 4.69) is 13.8 Å². The smallest absolute Gasteiger partial charge is 0.357 e. The number of ether oxygens (including phenoxy) is 2. The number of esters is 1. The van der Waals surface area contributed by atoms with E-state index in [9.17, 15) is 4.79 Å². The molecule has 1 spiro atoms. The number of hydrogen-bond acceptors (Lipinski definition) is 3. The Bertz CT molecular complexity index is 302. The van der Waals surface area contributed by atoms with E-state index < -0.39 is 16.6 Å². The molecule has 1 heterocycles. The third-order valence-electron chi connectivity index (χ3n) is 3.91. The van der Waals surface area contributed by atoms with Crippen molar-refractivity contribution in [1.82, 2.24) is 0 Å². The van der Waals surface area contributed by atoms with Crippen LogP contribution in [0, 0.1) is 5.41 Å². The summed E-state index contributed by atoms with van der Waals surface area (Å²) in [6.07, 6.45) is 4.12. The zero-order valence-electron chi connectivity index (χ0n) is 9.43. The zero-order chi connectivity index (χ0) is 11.3. The number of halogens is 1. The van der Waals surface area contributed by atoms with Gasteiger partial charge < -0.3 is 9.47 Å². The molecule has 0 amide bonds. The predicted molar refractivity (Wildman–Crippen MR) is 56.7 cm³/mol. The molecule has 4 heteroatoms. The summed E-state index contributed by atoms with van der Waals surface area (Å²) < 4.78 is 10.3. The number of rotatable bonds is 1. The highest BCUT2D eigenvalue weighted by molar-refractivity contribution is 6.36. The van der Waals surface area contributed by atoms with E-state index in [1.165, 1.54) is 13.5 Å². The van der Waals surface area contributed by atoms with E-state index in [1.54, 1.807) is 0 Å². The fourth-order valence-electron chi connectivity index (χ4n) is 2.82. The molecule has 0 bridgehead atoms. The predicted octanol–water partition coefficient (Wildman–Crippen LogP) is 2.46. The SMILES string of the molecule is COC(=O)C1(Cl)OC12CCCCC2(C)C. The minimum atomic E-state index is -1.23. The van der Waals surface area contributed by atoms with E-state index in [0.29, 0.717) is 0 Å². The molecule has 0 radical (unpaired) electrons. The van der Waals surface area contributed by atoms with Crippen LogP contribution >= 0.6 is 11.6 Å². The molecule has 3 nitrogen and oxygen atoms in total. The molecule has 2 unspecified atom stereocenters. The van der Waals surface area contributed by atoms with Crippen LogP contribution in [0.25, 0.3) is 0 Å². The van der Waals surface area contributed by atoms with Crippen molar-refractivity contribution in [3.05, 3.63) is 0 Å². The molecular formula is C11H17ClO3. The lowest BCUT2D eigenvalue weighted by molar-refractivity contribution is -0.143. The van der Waals surface area contributed by atoms with Gasteiger partial charge in [-0.3, -0.25) is 0 Å². The lowest BCUT2D eigenvalue weighted by Crippen LogP contribution is -2.44. The van der Waals surface area contributed by atoms with Gasteiger partial charge in [-0.05, 0) is 18.3 Å². The second-order valence-electron chi connectivity index (χ2n) is 5.11. The number of methoxy groups -OCH3 is 1. The maximum atomic E-state index is 11.6. The summed E-state index contributed by atoms with van der Waals surface area (Å²) >= 11 is 6.22. The van der Waals surface area contributed by atoms with Crippen molar-refractivity contribution in [3.63, 3.8) is 0 Å². The van der Waals surface area contributed by atoms with Crippen molar-refractivity contribution in [2.45, 2.75) is 50.2 Å². The van der Waals surface area contributed by atoms with Crippen LogP contribution in [0.3, 0.4) is 0 Å². The normalized spacial score (nSPS) is 42.7. The molecule has 0 N–H and O–H groups in total. The van der Waals surface area contributed by atoms with Crippen LogP contribution in [0.2, 0.25) is 0 Å². The molecule has 1 aliphatic heterocycles. The third-order valence-corrected chi connectivity index (χ3v) is 4.45. The Morgan fingerprint density at radius 3 is 2.47 bits per heavy atom. The van der Waals surface area contributed by atoms with Crippen molar-refractivity contribution in [2.24, 2.45) is 5.41 Å². The molecule has 0 aromatic carbocycles. The fraction of sp³-hybridized carbons (Fsp3) is 0.909. The summed E-state index contributed by atoms with van der Waals surface area (Å²) in [5.41, 5.74) is -0.561. The third kappa shape index (κ3) is 1.26. The van der Waals surface area contributed by atoms with E-state index in [0.717, 1.165) is 19.3 Å². The Kier molecular flexibility index (Phi) is 2.32. The number of alkyl halides is 1. The van der Waals surface area contributed by atoms with Gasteiger partial charge in [0.1, 0.15) is 5.60 Å². The summed E-state index contributed by atoms with van der Waals surface area (Å²) in [5, 5.41) is -1.23. The first-order chi connectivity index (χ1) is 6.90. The molecule has 15 heavy (non-hydrogen) atoms. The van der Waals surface area contributed by atoms with Crippen LogP contribution in [0.1, 0.15) is 39.5 Å². The lowest BCUT2D eigenvalue weighted by Gasteiger charge is -2.37. The standard InChI is InChI=1S/C11H17ClO3/c1-9(2)6-4-5-7-10(9)11(12,15-10)8(13)14-3/h4-7H2,1-3H3. The fourth-order valence-corrected chi connectivity index (χ4v) is 3.38. The van der Waals surface area contributed by atoms with Gasteiger partial charge >= 0.3 is 5.97 Å². The van der Waals surface area contributed by atoms with Crippen molar-refractivity contribution in [2.75, 3.05) is 7.11 Å². The molecule has 2 fully saturated rings. The topological polar surface area (TPSA) is 38.8 Å². The maximum Gasteiger partial charge on any atom is 0.357 e. The average Bonchev–Trinajstić information content (AvgIpc) is 2.79. The minimum absolute atomic E-state index is 0.0544. The Hall–Kier alpha value is -0.280. The van der Waals surface area contributed by atoms with E-state index >= 15 is 0 Å². The van der Waals surface area contributed by atoms with Gasteiger partial charge in [-0.15, -0.1) is 0 Å². The highest BCUT2D eigenvalue weighted by Gasteiger charge is 2.80. The summed E-state index contributed by atoms with van der Waals surface area (Å²) in [7, 11) is 1.34. The van der Waals surface area contributed by atoms with E-state index in [1.807, 2.05) is 0 Å². The van der Waals surface area contributed by atoms with E-state index in [-0.39, 0.29) is 5.41 Å². The van der Waals surface area contributed by atoms with Crippen LogP contribution < -0.4 is 0 Å². The van der Waals surface area contributed by atoms with Crippen molar-refractivity contribution < 1.29 is 14.3 Å². The van der Waals surface area contributed by atoms with Gasteiger partial charge in [0.15, 0.2) is 0 Å². The van der Waals surface area contributed by atoms with Crippen LogP contribution in [-0.4, -0.2) is 23.7 Å². The van der Waals surface area contributed by atoms with Gasteiger partial charge in [0.2, 0.25) is 0 Å². The molecule has 0 aromatic rings. The molecule has 1 saturated heterocycles. The zero-order valence-corrected chi connectivity index (χ0v) is 10.2. The Morgan fingerprint density at radius 2 is 1.93 bits per heavy atom. The number of carbonyl (C=O) groups is 1. The monoisotopic (exact) mass is 232 g/mol. The quantitative estimate of drug-likeness (QED) is 0.396. The molecule has 1 aliphatic carbocycles. The first-order valence-electron chi connectivity index (χ1n) is 5.37. The van der Waals surface area contributed by atoms with Crippen molar-refractivity contribution in [1.29, 1.82) is 0 Å². The Morgan fingerprint density at radius 1 is 1.33 bits per heavy atom. The molecule has 1 saturated carbocycles. The molecule has 2 rings (SSSR count). The van der Waals surface area contributed by atoms with E-state index in [4.69, 9.17) is 21.1 Å². The van der Waals surface area contributed by atoms with Crippen LogP contribution in [-0.2, 0) is 14.3 Å². The molecule has 86 valence electrons. The molecule has 0 aromatic heterocycles. The van der Waals surface area contributed by atoms with Crippen molar-refractivity contribution >= 4 is 17.6 Å². The maximum absolute atomic E-state index is 11.6. The number of carbonyl (C=O) groups excluding carboxylic acids is 1. The highest BCUT2D eigenvalue weighted by atomic mass is 35.5. The Balaban J connectivity index is 2.27.